The van der Waals surface area contributed by atoms with Gasteiger partial charge in [-0.15, -0.1) is 0 Å². The van der Waals surface area contributed by atoms with Crippen LogP contribution in [0.2, 0.25) is 0 Å². The molecule has 1 fully saturated rings. The molecule has 1 amide bonds. The Bertz CT molecular complexity index is 333. The summed E-state index contributed by atoms with van der Waals surface area (Å²) in [5.41, 5.74) is -0.572. The van der Waals surface area contributed by atoms with Crippen molar-refractivity contribution in [3.8, 4) is 0 Å². The SMILES string of the molecule is COCC1CCCN(C(=O)C(C(=O)O)C(C)(C)C)C1. The normalized spacial score (nSPS) is 22.1. The minimum atomic E-state index is -1.04. The molecule has 0 spiro atoms. The highest BCUT2D eigenvalue weighted by Crippen LogP contribution is 2.29. The van der Waals surface area contributed by atoms with Gasteiger partial charge >= 0.3 is 5.97 Å². The van der Waals surface area contributed by atoms with Crippen molar-refractivity contribution in [2.45, 2.75) is 33.6 Å². The molecule has 0 aromatic rings. The molecule has 0 bridgehead atoms. The summed E-state index contributed by atoms with van der Waals surface area (Å²) in [6, 6.07) is 0. The standard InChI is InChI=1S/C14H25NO4/c1-14(2,3)11(13(17)18)12(16)15-7-5-6-10(8-15)9-19-4/h10-11H,5-9H2,1-4H3,(H,17,18). The maximum atomic E-state index is 12.4. The molecular weight excluding hydrogens is 246 g/mol. The average molecular weight is 271 g/mol. The van der Waals surface area contributed by atoms with Crippen LogP contribution < -0.4 is 0 Å². The zero-order chi connectivity index (χ0) is 14.6. The number of carbonyl (C=O) groups excluding carboxylic acids is 1. The highest BCUT2D eigenvalue weighted by molar-refractivity contribution is 5.97. The predicted molar refractivity (Wildman–Crippen MR) is 71.8 cm³/mol. The van der Waals surface area contributed by atoms with Crippen LogP contribution in [0.3, 0.4) is 0 Å². The summed E-state index contributed by atoms with van der Waals surface area (Å²) in [7, 11) is 1.65. The summed E-state index contributed by atoms with van der Waals surface area (Å²) >= 11 is 0. The van der Waals surface area contributed by atoms with Gasteiger partial charge in [0, 0.05) is 20.2 Å². The van der Waals surface area contributed by atoms with Gasteiger partial charge in [0.25, 0.3) is 0 Å². The fourth-order valence-electron chi connectivity index (χ4n) is 2.67. The molecule has 5 heteroatoms. The topological polar surface area (TPSA) is 66.8 Å². The molecule has 1 heterocycles. The minimum Gasteiger partial charge on any atom is -0.481 e. The van der Waals surface area contributed by atoms with Crippen LogP contribution in [0.5, 0.6) is 0 Å². The lowest BCUT2D eigenvalue weighted by atomic mass is 9.79. The van der Waals surface area contributed by atoms with Crippen molar-refractivity contribution in [3.05, 3.63) is 0 Å². The smallest absolute Gasteiger partial charge is 0.316 e. The summed E-state index contributed by atoms with van der Waals surface area (Å²) in [5, 5.41) is 9.31. The first-order valence-corrected chi connectivity index (χ1v) is 6.78. The third-order valence-corrected chi connectivity index (χ3v) is 3.59. The first-order valence-electron chi connectivity index (χ1n) is 6.78. The van der Waals surface area contributed by atoms with Crippen molar-refractivity contribution < 1.29 is 19.4 Å². The Morgan fingerprint density at radius 1 is 1.42 bits per heavy atom. The van der Waals surface area contributed by atoms with Crippen LogP contribution in [0.4, 0.5) is 0 Å². The van der Waals surface area contributed by atoms with E-state index in [2.05, 4.69) is 0 Å². The van der Waals surface area contributed by atoms with Crippen molar-refractivity contribution in [1.29, 1.82) is 0 Å². The molecule has 1 rings (SSSR count). The molecule has 1 aliphatic rings. The third kappa shape index (κ3) is 4.20. The summed E-state index contributed by atoms with van der Waals surface area (Å²) in [6.45, 7) is 7.25. The van der Waals surface area contributed by atoms with Gasteiger partial charge in [0.15, 0.2) is 0 Å². The third-order valence-electron chi connectivity index (χ3n) is 3.59. The number of rotatable bonds is 4. The number of ether oxygens (including phenoxy) is 1. The lowest BCUT2D eigenvalue weighted by Crippen LogP contribution is -2.49. The highest BCUT2D eigenvalue weighted by Gasteiger charge is 2.41. The van der Waals surface area contributed by atoms with Gasteiger partial charge in [0.05, 0.1) is 6.61 Å². The Kier molecular flexibility index (Phi) is 5.35. The second-order valence-corrected chi connectivity index (χ2v) is 6.39. The number of likely N-dealkylation sites (tertiary alicyclic amines) is 1. The van der Waals surface area contributed by atoms with Gasteiger partial charge in [0.2, 0.25) is 5.91 Å². The number of carbonyl (C=O) groups is 2. The second-order valence-electron chi connectivity index (χ2n) is 6.39. The van der Waals surface area contributed by atoms with Crippen molar-refractivity contribution in [1.82, 2.24) is 4.90 Å². The number of carboxylic acid groups (broad SMARTS) is 1. The number of nitrogens with zero attached hydrogens (tertiary/aromatic N) is 1. The Labute approximate surface area is 114 Å². The van der Waals surface area contributed by atoms with E-state index in [1.807, 2.05) is 0 Å². The summed E-state index contributed by atoms with van der Waals surface area (Å²) in [6.07, 6.45) is 1.95. The van der Waals surface area contributed by atoms with E-state index in [-0.39, 0.29) is 5.91 Å². The zero-order valence-corrected chi connectivity index (χ0v) is 12.3. The molecule has 5 nitrogen and oxygen atoms in total. The van der Waals surface area contributed by atoms with Crippen LogP contribution >= 0.6 is 0 Å². The van der Waals surface area contributed by atoms with E-state index >= 15 is 0 Å². The van der Waals surface area contributed by atoms with Crippen LogP contribution in [0, 0.1) is 17.3 Å². The van der Waals surface area contributed by atoms with E-state index in [4.69, 9.17) is 4.74 Å². The van der Waals surface area contributed by atoms with Crippen LogP contribution in [0.25, 0.3) is 0 Å². The molecule has 0 aliphatic carbocycles. The first-order chi connectivity index (χ1) is 8.77. The summed E-state index contributed by atoms with van der Waals surface area (Å²) in [5.74, 6) is -1.96. The van der Waals surface area contributed by atoms with E-state index in [0.717, 1.165) is 12.8 Å². The molecule has 110 valence electrons. The Hall–Kier alpha value is -1.10. The maximum Gasteiger partial charge on any atom is 0.316 e. The Morgan fingerprint density at radius 3 is 2.53 bits per heavy atom. The molecule has 2 unspecified atom stereocenters. The molecular formula is C14H25NO4. The summed E-state index contributed by atoms with van der Waals surface area (Å²) < 4.78 is 5.13. The fourth-order valence-corrected chi connectivity index (χ4v) is 2.67. The molecule has 19 heavy (non-hydrogen) atoms. The van der Waals surface area contributed by atoms with E-state index in [1.165, 1.54) is 0 Å². The molecule has 0 saturated carbocycles. The van der Waals surface area contributed by atoms with Gasteiger partial charge in [-0.25, -0.2) is 0 Å². The van der Waals surface area contributed by atoms with Gasteiger partial charge < -0.3 is 14.7 Å². The quantitative estimate of drug-likeness (QED) is 0.789. The largest absolute Gasteiger partial charge is 0.481 e. The lowest BCUT2D eigenvalue weighted by molar-refractivity contribution is -0.157. The molecule has 0 aromatic heterocycles. The van der Waals surface area contributed by atoms with Crippen LogP contribution in [-0.4, -0.2) is 48.7 Å². The van der Waals surface area contributed by atoms with Gasteiger partial charge in [0.1, 0.15) is 5.92 Å². The minimum absolute atomic E-state index is 0.263. The number of amides is 1. The predicted octanol–water partition coefficient (Wildman–Crippen LogP) is 1.62. The maximum absolute atomic E-state index is 12.4. The van der Waals surface area contributed by atoms with E-state index in [9.17, 15) is 14.7 Å². The monoisotopic (exact) mass is 271 g/mol. The number of hydrogen-bond donors (Lipinski definition) is 1. The van der Waals surface area contributed by atoms with Crippen molar-refractivity contribution in [2.75, 3.05) is 26.8 Å². The molecule has 1 N–H and O–H groups in total. The molecule has 1 saturated heterocycles. The van der Waals surface area contributed by atoms with Gasteiger partial charge in [-0.05, 0) is 24.2 Å². The second kappa shape index (κ2) is 6.37. The lowest BCUT2D eigenvalue weighted by Gasteiger charge is -2.36. The molecule has 0 radical (unpaired) electrons. The van der Waals surface area contributed by atoms with E-state index < -0.39 is 17.3 Å². The molecule has 1 aliphatic heterocycles. The zero-order valence-electron chi connectivity index (χ0n) is 12.3. The van der Waals surface area contributed by atoms with Crippen LogP contribution in [0.15, 0.2) is 0 Å². The number of aliphatic carboxylic acids is 1. The van der Waals surface area contributed by atoms with Crippen LogP contribution in [-0.2, 0) is 14.3 Å². The van der Waals surface area contributed by atoms with Gasteiger partial charge in [-0.3, -0.25) is 9.59 Å². The molecule has 2 atom stereocenters. The highest BCUT2D eigenvalue weighted by atomic mass is 16.5. The number of methoxy groups -OCH3 is 1. The summed E-state index contributed by atoms with van der Waals surface area (Å²) in [4.78, 5) is 25.5. The van der Waals surface area contributed by atoms with Crippen molar-refractivity contribution in [3.63, 3.8) is 0 Å². The average Bonchev–Trinajstić information content (AvgIpc) is 2.27. The van der Waals surface area contributed by atoms with E-state index in [1.54, 1.807) is 32.8 Å². The number of piperidine rings is 1. The van der Waals surface area contributed by atoms with E-state index in [0.29, 0.717) is 25.6 Å². The first kappa shape index (κ1) is 16.0. The fraction of sp³-hybridized carbons (Fsp3) is 0.857. The Morgan fingerprint density at radius 2 is 2.05 bits per heavy atom. The molecule has 0 aromatic carbocycles. The van der Waals surface area contributed by atoms with Gasteiger partial charge in [-0.1, -0.05) is 20.8 Å². The number of hydrogen-bond acceptors (Lipinski definition) is 3. The van der Waals surface area contributed by atoms with Crippen molar-refractivity contribution >= 4 is 11.9 Å². The van der Waals surface area contributed by atoms with Gasteiger partial charge in [-0.2, -0.15) is 0 Å². The Balaban J connectivity index is 2.77. The number of carboxylic acids is 1. The van der Waals surface area contributed by atoms with Crippen LogP contribution in [0.1, 0.15) is 33.6 Å². The van der Waals surface area contributed by atoms with Crippen molar-refractivity contribution in [2.24, 2.45) is 17.3 Å².